The second-order valence-corrected chi connectivity index (χ2v) is 23.2. The first-order chi connectivity index (χ1) is 28.6. The van der Waals surface area contributed by atoms with Crippen LogP contribution in [0.3, 0.4) is 0 Å². The number of carbonyl (C=O) groups is 1. The summed E-state index contributed by atoms with van der Waals surface area (Å²) in [5.74, 6) is -0.490. The van der Waals surface area contributed by atoms with Crippen molar-refractivity contribution in [1.29, 1.82) is 0 Å². The first-order valence-corrected chi connectivity index (χ1v) is 22.9. The average molecular weight is 856 g/mol. The number of fused-ring (bicyclic) bond motifs is 1. The van der Waals surface area contributed by atoms with Crippen LogP contribution >= 0.6 is 11.8 Å². The predicted molar refractivity (Wildman–Crippen MR) is 299 cm³/mol. The van der Waals surface area contributed by atoms with E-state index in [9.17, 15) is 22.4 Å². The van der Waals surface area contributed by atoms with Crippen LogP contribution in [0.1, 0.15) is 48.2 Å². The molecule has 0 fully saturated rings. The standard InChI is InChI=1S/C36H54B16F4N4O2S/c1-30(41,42)60(31(2,43)44)36(51,52)35(49,50)58(14-20-23(37)25(39)22(26(40)24(20)38)15-6-8-17(9-7-15)34(54,55)56)28(62)32(45,46)59-21-5-3-4-19(21)27(61)57-29(59)63-33(47,48)16-10-12-18(53)13-11-16/h6-13H,3-5,14,37-52H2,1-2H3. The highest BCUT2D eigenvalue weighted by Gasteiger charge is 2.54. The molecule has 0 saturated heterocycles. The smallest absolute Gasteiger partial charge is 0.348 e. The minimum Gasteiger partial charge on any atom is -0.348 e. The van der Waals surface area contributed by atoms with Crippen molar-refractivity contribution in [2.75, 3.05) is 0 Å². The maximum Gasteiger partial charge on any atom is 0.416 e. The number of rotatable bonds is 13. The highest BCUT2D eigenvalue weighted by Crippen LogP contribution is 2.40. The highest BCUT2D eigenvalue weighted by atomic mass is 32.2. The molecule has 1 aliphatic rings. The topological polar surface area (TPSA) is 58.4 Å². The van der Waals surface area contributed by atoms with E-state index >= 15 is 4.79 Å². The Kier molecular flexibility index (Phi) is 14.1. The van der Waals surface area contributed by atoms with Crippen LogP contribution in [0.2, 0.25) is 0 Å². The fraction of sp³-hybridized carbons (Fsp3) is 0.361. The Morgan fingerprint density at radius 2 is 1.22 bits per heavy atom. The fourth-order valence-electron chi connectivity index (χ4n) is 10.6. The van der Waals surface area contributed by atoms with Crippen molar-refractivity contribution in [2.24, 2.45) is 0 Å². The average Bonchev–Trinajstić information content (AvgIpc) is 3.62. The number of thioether (sulfide) groups is 1. The van der Waals surface area contributed by atoms with Crippen LogP contribution in [0.15, 0.2) is 58.5 Å². The Morgan fingerprint density at radius 1 is 0.730 bits per heavy atom. The number of hydrogen-bond acceptors (Lipinski definition) is 5. The molecule has 1 aliphatic carbocycles. The van der Waals surface area contributed by atoms with E-state index in [4.69, 9.17) is 4.98 Å². The van der Waals surface area contributed by atoms with Crippen LogP contribution in [0.25, 0.3) is 11.1 Å². The second kappa shape index (κ2) is 17.4. The van der Waals surface area contributed by atoms with Gasteiger partial charge in [-0.15, -0.1) is 0 Å². The lowest BCUT2D eigenvalue weighted by atomic mass is 9.33. The molecule has 0 N–H and O–H groups in total. The number of amides is 1. The molecule has 1 amide bonds. The molecule has 5 rings (SSSR count). The van der Waals surface area contributed by atoms with Crippen molar-refractivity contribution < 1.29 is 22.4 Å². The molecule has 0 spiro atoms. The Labute approximate surface area is 390 Å². The van der Waals surface area contributed by atoms with Gasteiger partial charge in [0, 0.05) is 17.8 Å². The molecule has 0 unspecified atom stereocenters. The highest BCUT2D eigenvalue weighted by molar-refractivity contribution is 8.02. The van der Waals surface area contributed by atoms with Crippen molar-refractivity contribution in [3.05, 3.63) is 92.6 Å². The lowest BCUT2D eigenvalue weighted by Gasteiger charge is -2.65. The van der Waals surface area contributed by atoms with E-state index in [-0.39, 0.29) is 34.5 Å². The summed E-state index contributed by atoms with van der Waals surface area (Å²) in [5.41, 5.74) is 7.67. The molecule has 27 heteroatoms. The maximum atomic E-state index is 16.3. The van der Waals surface area contributed by atoms with E-state index < -0.39 is 32.3 Å². The lowest BCUT2D eigenvalue weighted by molar-refractivity contribution is -0.138. The molecule has 0 bridgehead atoms. The molecule has 63 heavy (non-hydrogen) atoms. The second-order valence-electron chi connectivity index (χ2n) is 21.6. The number of hydrogen-bond donors (Lipinski definition) is 0. The molecular weight excluding hydrogens is 801 g/mol. The fourth-order valence-corrected chi connectivity index (χ4v) is 11.9. The van der Waals surface area contributed by atoms with Crippen LogP contribution in [-0.2, 0) is 40.2 Å². The molecule has 6 nitrogen and oxygen atoms in total. The third-order valence-corrected chi connectivity index (χ3v) is 15.2. The Morgan fingerprint density at radius 3 is 1.70 bits per heavy atom. The molecule has 0 radical (unpaired) electrons. The number of nitrogens with zero attached hydrogens (tertiary/aromatic N) is 4. The normalized spacial score (nSPS) is 14.1. The minimum absolute atomic E-state index is 0.148. The van der Waals surface area contributed by atoms with Crippen molar-refractivity contribution in [3.63, 3.8) is 0 Å². The summed E-state index contributed by atoms with van der Waals surface area (Å²) in [4.78, 5) is 39.4. The van der Waals surface area contributed by atoms with Crippen LogP contribution < -0.4 is 27.4 Å². The van der Waals surface area contributed by atoms with Crippen molar-refractivity contribution in [2.45, 2.75) is 82.2 Å². The van der Waals surface area contributed by atoms with E-state index in [2.05, 4.69) is 81.5 Å². The van der Waals surface area contributed by atoms with Crippen LogP contribution in [-0.4, -0.2) is 172 Å². The summed E-state index contributed by atoms with van der Waals surface area (Å²) >= 11 is 1.39. The molecular formula is C36H54B16F4N4O2S. The summed E-state index contributed by atoms with van der Waals surface area (Å²) in [7, 11) is 33.5. The summed E-state index contributed by atoms with van der Waals surface area (Å²) in [6.07, 6.45) is -2.48. The monoisotopic (exact) mass is 859 g/mol. The van der Waals surface area contributed by atoms with Gasteiger partial charge in [0.15, 0.2) is 5.16 Å². The van der Waals surface area contributed by atoms with E-state index in [1.54, 1.807) is 12.1 Å². The largest absolute Gasteiger partial charge is 0.416 e. The Bertz CT molecular complexity index is 2430. The molecule has 0 atom stereocenters. The zero-order valence-electron chi connectivity index (χ0n) is 41.0. The third kappa shape index (κ3) is 9.67. The zero-order chi connectivity index (χ0) is 47.8. The third-order valence-electron chi connectivity index (χ3n) is 14.0. The van der Waals surface area contributed by atoms with E-state index in [1.165, 1.54) is 36.0 Å². The molecule has 1 heterocycles. The maximum absolute atomic E-state index is 16.3. The van der Waals surface area contributed by atoms with Crippen LogP contribution in [0.5, 0.6) is 0 Å². The quantitative estimate of drug-likeness (QED) is 0.0580. The van der Waals surface area contributed by atoms with Gasteiger partial charge in [-0.1, -0.05) is 71.7 Å². The van der Waals surface area contributed by atoms with Crippen molar-refractivity contribution >= 4 is 165 Å². The van der Waals surface area contributed by atoms with Gasteiger partial charge in [0.25, 0.3) is 5.56 Å². The van der Waals surface area contributed by atoms with Gasteiger partial charge in [0.2, 0.25) is 5.91 Å². The van der Waals surface area contributed by atoms with Gasteiger partial charge in [-0.25, -0.2) is 4.39 Å². The number of aromatic nitrogens is 2. The van der Waals surface area contributed by atoms with Gasteiger partial charge >= 0.3 is 6.18 Å². The molecule has 312 valence electrons. The number of alkyl halides is 3. The van der Waals surface area contributed by atoms with Crippen LogP contribution in [0, 0.1) is 5.82 Å². The van der Waals surface area contributed by atoms with Crippen LogP contribution in [0.4, 0.5) is 17.6 Å². The lowest BCUT2D eigenvalue weighted by Crippen LogP contribution is -2.82. The van der Waals surface area contributed by atoms with E-state index in [1.807, 2.05) is 72.2 Å². The van der Waals surface area contributed by atoms with E-state index in [0.717, 1.165) is 62.8 Å². The molecule has 0 aliphatic heterocycles. The van der Waals surface area contributed by atoms with Gasteiger partial charge < -0.3 is 14.4 Å². The number of halogens is 4. The number of carbonyl (C=O) groups excluding carboxylic acids is 1. The summed E-state index contributed by atoms with van der Waals surface area (Å²) < 4.78 is 56.2. The molecule has 0 saturated carbocycles. The van der Waals surface area contributed by atoms with Gasteiger partial charge in [0.1, 0.15) is 131 Å². The van der Waals surface area contributed by atoms with Crippen molar-refractivity contribution in [3.8, 4) is 11.1 Å². The number of benzene rings is 3. The zero-order valence-corrected chi connectivity index (χ0v) is 41.8. The van der Waals surface area contributed by atoms with Gasteiger partial charge in [-0.2, -0.15) is 18.2 Å². The predicted octanol–water partition coefficient (Wildman–Crippen LogP) is -12.3. The Hall–Kier alpha value is -2.92. The molecule has 4 aromatic rings. The first kappa shape index (κ1) is 51.1. The SMILES string of the molecule is Bc1c(B)c(-c2ccc(C(F)(F)F)cc2)c(B)c(B)c1CN(C(=O)C(B)(B)n1c(SC(B)(B)c2ccc(F)cc2)nc(=O)c2c1CCC2)C(B)(B)C(B)(B)N(C(B)(B)C)C(B)(B)C. The minimum atomic E-state index is -4.44. The summed E-state index contributed by atoms with van der Waals surface area (Å²) in [6.45, 7) is 4.65. The van der Waals surface area contributed by atoms with Gasteiger partial charge in [0.05, 0.1) is 10.9 Å². The summed E-state index contributed by atoms with van der Waals surface area (Å²) in [5, 5.41) is -2.96. The van der Waals surface area contributed by atoms with Crippen molar-refractivity contribution in [1.82, 2.24) is 19.4 Å². The van der Waals surface area contributed by atoms with E-state index in [0.29, 0.717) is 29.1 Å². The molecule has 3 aromatic carbocycles. The van der Waals surface area contributed by atoms with Gasteiger partial charge in [-0.3, -0.25) is 9.59 Å². The Balaban J connectivity index is 1.77. The van der Waals surface area contributed by atoms with Gasteiger partial charge in [-0.05, 0) is 91.7 Å². The summed E-state index contributed by atoms with van der Waals surface area (Å²) in [6, 6.07) is 11.7. The first-order valence-electron chi connectivity index (χ1n) is 22.1. The molecule has 1 aromatic heterocycles.